The van der Waals surface area contributed by atoms with E-state index in [-0.39, 0.29) is 5.91 Å². The van der Waals surface area contributed by atoms with Crippen molar-refractivity contribution in [2.24, 2.45) is 5.92 Å². The van der Waals surface area contributed by atoms with Gasteiger partial charge in [-0.25, -0.2) is 0 Å². The summed E-state index contributed by atoms with van der Waals surface area (Å²) in [6, 6.07) is 14.9. The average molecular weight is 369 g/mol. The first-order chi connectivity index (χ1) is 13.2. The lowest BCUT2D eigenvalue weighted by atomic mass is 9.92. The molecule has 0 aliphatic carbocycles. The lowest BCUT2D eigenvalue weighted by Crippen LogP contribution is -2.52. The van der Waals surface area contributed by atoms with E-state index >= 15 is 0 Å². The number of ether oxygens (including phenoxy) is 1. The molecule has 1 aliphatic heterocycles. The summed E-state index contributed by atoms with van der Waals surface area (Å²) >= 11 is 0. The summed E-state index contributed by atoms with van der Waals surface area (Å²) in [4.78, 5) is 15.1. The van der Waals surface area contributed by atoms with Gasteiger partial charge in [0.25, 0.3) is 0 Å². The Morgan fingerprint density at radius 2 is 1.78 bits per heavy atom. The Balaban J connectivity index is 1.60. The zero-order valence-electron chi connectivity index (χ0n) is 16.6. The summed E-state index contributed by atoms with van der Waals surface area (Å²) in [5.41, 5.74) is 1.07. The lowest BCUT2D eigenvalue weighted by molar-refractivity contribution is -0.120. The number of carbonyl (C=O) groups excluding carboxylic acids is 1. The Bertz CT molecular complexity index is 736. The fraction of sp³-hybridized carbons (Fsp3) is 0.522. The molecule has 2 aromatic rings. The molecular weight excluding hydrogens is 336 g/mol. The van der Waals surface area contributed by atoms with Gasteiger partial charge in [-0.2, -0.15) is 0 Å². The van der Waals surface area contributed by atoms with Crippen LogP contribution in [0.4, 0.5) is 0 Å². The van der Waals surface area contributed by atoms with E-state index < -0.39 is 0 Å². The van der Waals surface area contributed by atoms with Gasteiger partial charge in [0.05, 0.1) is 19.6 Å². The standard InChI is InChI=1S/C23H32N2O2/c1-3-19(4-2)22(25-11-13-27-14-12-25)17-24-23(26)16-18-9-10-20-7-5-6-8-21(20)15-18/h5-10,15,19,22H,3-4,11-14,16-17H2,1-2H3,(H,24,26). The minimum atomic E-state index is 0.106. The minimum Gasteiger partial charge on any atom is -0.379 e. The molecule has 1 N–H and O–H groups in total. The maximum absolute atomic E-state index is 12.6. The predicted octanol–water partition coefficient (Wildman–Crippen LogP) is 3.64. The maximum atomic E-state index is 12.6. The van der Waals surface area contributed by atoms with Crippen molar-refractivity contribution < 1.29 is 9.53 Å². The number of fused-ring (bicyclic) bond motifs is 1. The van der Waals surface area contributed by atoms with Gasteiger partial charge in [0, 0.05) is 25.7 Å². The monoisotopic (exact) mass is 368 g/mol. The second-order valence-electron chi connectivity index (χ2n) is 7.45. The molecule has 0 radical (unpaired) electrons. The van der Waals surface area contributed by atoms with Gasteiger partial charge in [-0.3, -0.25) is 9.69 Å². The fourth-order valence-electron chi connectivity index (χ4n) is 4.15. The van der Waals surface area contributed by atoms with Crippen LogP contribution in [0.2, 0.25) is 0 Å². The summed E-state index contributed by atoms with van der Waals surface area (Å²) in [6.07, 6.45) is 2.71. The zero-order valence-corrected chi connectivity index (χ0v) is 16.6. The first-order valence-corrected chi connectivity index (χ1v) is 10.3. The summed E-state index contributed by atoms with van der Waals surface area (Å²) in [5, 5.41) is 5.60. The number of rotatable bonds is 8. The molecule has 0 aromatic heterocycles. The Morgan fingerprint density at radius 1 is 1.07 bits per heavy atom. The second-order valence-corrected chi connectivity index (χ2v) is 7.45. The molecule has 4 nitrogen and oxygen atoms in total. The molecule has 0 bridgehead atoms. The van der Waals surface area contributed by atoms with Gasteiger partial charge >= 0.3 is 0 Å². The van der Waals surface area contributed by atoms with E-state index in [0.717, 1.165) is 51.3 Å². The van der Waals surface area contributed by atoms with Gasteiger partial charge in [-0.15, -0.1) is 0 Å². The molecule has 1 fully saturated rings. The Morgan fingerprint density at radius 3 is 2.48 bits per heavy atom. The molecule has 1 saturated heterocycles. The van der Waals surface area contributed by atoms with E-state index in [1.165, 1.54) is 10.8 Å². The number of nitrogens with one attached hydrogen (secondary N) is 1. The van der Waals surface area contributed by atoms with Crippen LogP contribution in [0.1, 0.15) is 32.3 Å². The van der Waals surface area contributed by atoms with Crippen molar-refractivity contribution in [2.75, 3.05) is 32.8 Å². The summed E-state index contributed by atoms with van der Waals surface area (Å²) in [6.45, 7) is 8.72. The Hall–Kier alpha value is -1.91. The highest BCUT2D eigenvalue weighted by atomic mass is 16.5. The van der Waals surface area contributed by atoms with Gasteiger partial charge in [0.2, 0.25) is 5.91 Å². The number of hydrogen-bond donors (Lipinski definition) is 1. The number of amides is 1. The quantitative estimate of drug-likeness (QED) is 0.773. The second kappa shape index (κ2) is 9.86. The van der Waals surface area contributed by atoms with Crippen LogP contribution >= 0.6 is 0 Å². The van der Waals surface area contributed by atoms with E-state index in [1.54, 1.807) is 0 Å². The first-order valence-electron chi connectivity index (χ1n) is 10.3. The highest BCUT2D eigenvalue weighted by Gasteiger charge is 2.27. The van der Waals surface area contributed by atoms with Crippen LogP contribution in [0.25, 0.3) is 10.8 Å². The largest absolute Gasteiger partial charge is 0.379 e. The van der Waals surface area contributed by atoms with E-state index in [4.69, 9.17) is 4.74 Å². The normalized spacial score (nSPS) is 16.6. The van der Waals surface area contributed by atoms with Crippen LogP contribution in [0.15, 0.2) is 42.5 Å². The van der Waals surface area contributed by atoms with Crippen molar-refractivity contribution in [2.45, 2.75) is 39.2 Å². The molecule has 27 heavy (non-hydrogen) atoms. The van der Waals surface area contributed by atoms with Gasteiger partial charge < -0.3 is 10.1 Å². The van der Waals surface area contributed by atoms with Crippen molar-refractivity contribution in [1.29, 1.82) is 0 Å². The molecule has 1 amide bonds. The van der Waals surface area contributed by atoms with E-state index in [1.807, 2.05) is 12.1 Å². The number of carbonyl (C=O) groups is 1. The first kappa shape index (κ1) is 19.8. The molecule has 0 spiro atoms. The third kappa shape index (κ3) is 5.30. The third-order valence-corrected chi connectivity index (χ3v) is 5.79. The van der Waals surface area contributed by atoms with Crippen LogP contribution in [0.5, 0.6) is 0 Å². The summed E-state index contributed by atoms with van der Waals surface area (Å²) in [5.74, 6) is 0.707. The summed E-state index contributed by atoms with van der Waals surface area (Å²) < 4.78 is 5.51. The molecule has 2 aromatic carbocycles. The van der Waals surface area contributed by atoms with E-state index in [0.29, 0.717) is 18.4 Å². The number of morpholine rings is 1. The lowest BCUT2D eigenvalue weighted by Gasteiger charge is -2.38. The molecule has 0 saturated carbocycles. The van der Waals surface area contributed by atoms with Crippen molar-refractivity contribution in [3.63, 3.8) is 0 Å². The molecule has 1 aliphatic rings. The highest BCUT2D eigenvalue weighted by Crippen LogP contribution is 2.20. The Labute approximate surface area is 162 Å². The molecular formula is C23H32N2O2. The van der Waals surface area contributed by atoms with Crippen LogP contribution in [0, 0.1) is 5.92 Å². The zero-order chi connectivity index (χ0) is 19.1. The molecule has 146 valence electrons. The van der Waals surface area contributed by atoms with Gasteiger partial charge in [0.1, 0.15) is 0 Å². The van der Waals surface area contributed by atoms with Crippen molar-refractivity contribution in [3.8, 4) is 0 Å². The predicted molar refractivity (Wildman–Crippen MR) is 111 cm³/mol. The minimum absolute atomic E-state index is 0.106. The van der Waals surface area contributed by atoms with Crippen LogP contribution in [-0.2, 0) is 16.0 Å². The van der Waals surface area contributed by atoms with Gasteiger partial charge in [-0.05, 0) is 22.3 Å². The summed E-state index contributed by atoms with van der Waals surface area (Å²) in [7, 11) is 0. The van der Waals surface area contributed by atoms with Crippen LogP contribution < -0.4 is 5.32 Å². The average Bonchev–Trinajstić information content (AvgIpc) is 2.71. The molecule has 1 atom stereocenters. The maximum Gasteiger partial charge on any atom is 0.224 e. The van der Waals surface area contributed by atoms with Crippen LogP contribution in [-0.4, -0.2) is 49.7 Å². The SMILES string of the molecule is CCC(CC)C(CNC(=O)Cc1ccc2ccccc2c1)N1CCOCC1. The van der Waals surface area contributed by atoms with Crippen molar-refractivity contribution in [1.82, 2.24) is 10.2 Å². The number of nitrogens with zero attached hydrogens (tertiary/aromatic N) is 1. The van der Waals surface area contributed by atoms with Crippen LogP contribution in [0.3, 0.4) is 0 Å². The molecule has 1 heterocycles. The number of hydrogen-bond acceptors (Lipinski definition) is 3. The van der Waals surface area contributed by atoms with Crippen molar-refractivity contribution in [3.05, 3.63) is 48.0 Å². The smallest absolute Gasteiger partial charge is 0.224 e. The van der Waals surface area contributed by atoms with E-state index in [2.05, 4.69) is 54.4 Å². The van der Waals surface area contributed by atoms with Crippen molar-refractivity contribution >= 4 is 16.7 Å². The number of benzene rings is 2. The topological polar surface area (TPSA) is 41.6 Å². The molecule has 4 heteroatoms. The fourth-order valence-corrected chi connectivity index (χ4v) is 4.15. The molecule has 3 rings (SSSR count). The van der Waals surface area contributed by atoms with Gasteiger partial charge in [-0.1, -0.05) is 69.2 Å². The molecule has 1 unspecified atom stereocenters. The highest BCUT2D eigenvalue weighted by molar-refractivity contribution is 5.85. The third-order valence-electron chi connectivity index (χ3n) is 5.79. The van der Waals surface area contributed by atoms with Gasteiger partial charge in [0.15, 0.2) is 0 Å². The Kier molecular flexibility index (Phi) is 7.25. The van der Waals surface area contributed by atoms with E-state index in [9.17, 15) is 4.79 Å².